The zero-order chi connectivity index (χ0) is 8.97. The van der Waals surface area contributed by atoms with Gasteiger partial charge >= 0.3 is 0 Å². The minimum atomic E-state index is 0.361. The Hall–Kier alpha value is -0.660. The second kappa shape index (κ2) is 4.39. The number of Topliss-reactive ketones (excluding diaryl/α,β-unsaturated/α-hetero) is 1. The van der Waals surface area contributed by atoms with E-state index in [0.29, 0.717) is 18.6 Å². The highest BCUT2D eigenvalue weighted by Gasteiger charge is 2.17. The van der Waals surface area contributed by atoms with Gasteiger partial charge in [-0.25, -0.2) is 4.58 Å². The van der Waals surface area contributed by atoms with Crippen molar-refractivity contribution in [1.29, 1.82) is 0 Å². The van der Waals surface area contributed by atoms with Gasteiger partial charge in [-0.1, -0.05) is 6.92 Å². The molecule has 2 nitrogen and oxygen atoms in total. The number of carbonyl (C=O) groups excluding carboxylic acids is 1. The normalized spacial score (nSPS) is 16.7. The van der Waals surface area contributed by atoms with Gasteiger partial charge in [-0.15, -0.1) is 0 Å². The first kappa shape index (κ1) is 9.43. The Morgan fingerprint density at radius 1 is 1.33 bits per heavy atom. The van der Waals surface area contributed by atoms with Crippen LogP contribution in [-0.4, -0.2) is 29.2 Å². The summed E-state index contributed by atoms with van der Waals surface area (Å²) in [5, 5.41) is 0. The third kappa shape index (κ3) is 2.43. The van der Waals surface area contributed by atoms with Crippen LogP contribution in [0.3, 0.4) is 0 Å². The third-order valence-corrected chi connectivity index (χ3v) is 2.49. The maximum absolute atomic E-state index is 11.1. The molecule has 1 aliphatic rings. The number of nitrogens with zero attached hydrogens (tertiary/aromatic N) is 1. The molecule has 1 aliphatic heterocycles. The lowest BCUT2D eigenvalue weighted by Gasteiger charge is -1.98. The summed E-state index contributed by atoms with van der Waals surface area (Å²) in [4.78, 5) is 11.1. The molecule has 0 aliphatic carbocycles. The van der Waals surface area contributed by atoms with Crippen LogP contribution in [-0.2, 0) is 4.79 Å². The van der Waals surface area contributed by atoms with E-state index in [-0.39, 0.29) is 0 Å². The Labute approximate surface area is 74.3 Å². The van der Waals surface area contributed by atoms with Crippen molar-refractivity contribution in [2.24, 2.45) is 0 Å². The minimum Gasteiger partial charge on any atom is -0.299 e. The summed E-state index contributed by atoms with van der Waals surface area (Å²) in [6, 6.07) is 0. The molecule has 0 aromatic heterocycles. The number of carbonyl (C=O) groups is 1. The molecule has 0 unspecified atom stereocenters. The van der Waals surface area contributed by atoms with Gasteiger partial charge < -0.3 is 0 Å². The second-order valence-electron chi connectivity index (χ2n) is 3.50. The van der Waals surface area contributed by atoms with E-state index in [4.69, 9.17) is 0 Å². The summed E-state index contributed by atoms with van der Waals surface area (Å²) in [5.41, 5.74) is 1.26. The van der Waals surface area contributed by atoms with Crippen LogP contribution in [0.5, 0.6) is 0 Å². The molecule has 0 spiro atoms. The Morgan fingerprint density at radius 2 is 1.92 bits per heavy atom. The first-order valence-corrected chi connectivity index (χ1v) is 4.83. The molecule has 0 bridgehead atoms. The first-order chi connectivity index (χ1) is 5.74. The lowest BCUT2D eigenvalue weighted by Crippen LogP contribution is -2.18. The van der Waals surface area contributed by atoms with E-state index in [9.17, 15) is 4.79 Å². The number of rotatable bonds is 3. The van der Waals surface area contributed by atoms with Crippen molar-refractivity contribution in [3.05, 3.63) is 0 Å². The molecule has 0 N–H and O–H groups in total. The Kier molecular flexibility index (Phi) is 3.45. The summed E-state index contributed by atoms with van der Waals surface area (Å²) >= 11 is 0. The third-order valence-electron chi connectivity index (χ3n) is 2.49. The van der Waals surface area contributed by atoms with Gasteiger partial charge in [-0.2, -0.15) is 0 Å². The summed E-state index contributed by atoms with van der Waals surface area (Å²) in [6.07, 6.45) is 3.91. The molecule has 0 radical (unpaired) electrons. The summed E-state index contributed by atoms with van der Waals surface area (Å²) in [6.45, 7) is 6.32. The lowest BCUT2D eigenvalue weighted by atomic mass is 10.1. The molecule has 0 saturated carbocycles. The average molecular weight is 168 g/mol. The molecule has 0 amide bonds. The van der Waals surface area contributed by atoms with E-state index >= 15 is 0 Å². The van der Waals surface area contributed by atoms with E-state index < -0.39 is 0 Å². The predicted molar refractivity (Wildman–Crippen MR) is 49.8 cm³/mol. The molecular formula is C10H18NO+. The van der Waals surface area contributed by atoms with E-state index in [0.717, 1.165) is 13.1 Å². The van der Waals surface area contributed by atoms with E-state index in [1.807, 2.05) is 6.92 Å². The quantitative estimate of drug-likeness (QED) is 0.586. The maximum atomic E-state index is 11.1. The van der Waals surface area contributed by atoms with Gasteiger partial charge in [0, 0.05) is 26.2 Å². The molecule has 0 aromatic carbocycles. The van der Waals surface area contributed by atoms with E-state index in [1.165, 1.54) is 18.6 Å². The van der Waals surface area contributed by atoms with Crippen molar-refractivity contribution in [2.45, 2.75) is 39.5 Å². The van der Waals surface area contributed by atoms with Gasteiger partial charge in [0.25, 0.3) is 0 Å². The highest BCUT2D eigenvalue weighted by Crippen LogP contribution is 2.04. The van der Waals surface area contributed by atoms with Crippen LogP contribution in [0.1, 0.15) is 39.5 Å². The molecule has 1 fully saturated rings. The van der Waals surface area contributed by atoms with E-state index in [1.54, 1.807) is 0 Å². The number of hydrogen-bond acceptors (Lipinski definition) is 1. The predicted octanol–water partition coefficient (Wildman–Crippen LogP) is 1.62. The van der Waals surface area contributed by atoms with Gasteiger partial charge in [0.05, 0.1) is 6.42 Å². The van der Waals surface area contributed by atoms with Crippen LogP contribution in [0.25, 0.3) is 0 Å². The van der Waals surface area contributed by atoms with Crippen molar-refractivity contribution in [1.82, 2.24) is 0 Å². The maximum Gasteiger partial charge on any atom is 0.156 e. The summed E-state index contributed by atoms with van der Waals surface area (Å²) in [7, 11) is 0. The Bertz CT molecular complexity index is 198. The van der Waals surface area contributed by atoms with Crippen molar-refractivity contribution in [3.8, 4) is 0 Å². The fraction of sp³-hybridized carbons (Fsp3) is 0.800. The smallest absolute Gasteiger partial charge is 0.156 e. The molecule has 2 heteroatoms. The fourth-order valence-electron chi connectivity index (χ4n) is 1.62. The zero-order valence-corrected chi connectivity index (χ0v) is 8.10. The largest absolute Gasteiger partial charge is 0.299 e. The van der Waals surface area contributed by atoms with Crippen LogP contribution in [0.4, 0.5) is 0 Å². The number of ketones is 1. The van der Waals surface area contributed by atoms with Crippen LogP contribution in [0, 0.1) is 0 Å². The monoisotopic (exact) mass is 168 g/mol. The first-order valence-electron chi connectivity index (χ1n) is 4.83. The minimum absolute atomic E-state index is 0.361. The summed E-state index contributed by atoms with van der Waals surface area (Å²) in [5.74, 6) is 0.361. The standard InChI is InChI=1S/C10H18NO/c1-3-10(12)8-9(2)11-6-4-5-7-11/h3-8H2,1-2H3/q+1. The highest BCUT2D eigenvalue weighted by atomic mass is 16.1. The van der Waals surface area contributed by atoms with Gasteiger partial charge in [0.1, 0.15) is 18.9 Å². The van der Waals surface area contributed by atoms with Gasteiger partial charge in [-0.05, 0) is 0 Å². The molecule has 68 valence electrons. The van der Waals surface area contributed by atoms with Gasteiger partial charge in [0.15, 0.2) is 5.71 Å². The number of hydrogen-bond donors (Lipinski definition) is 0. The molecule has 1 saturated heterocycles. The Morgan fingerprint density at radius 3 is 2.42 bits per heavy atom. The lowest BCUT2D eigenvalue weighted by molar-refractivity contribution is -0.507. The highest BCUT2D eigenvalue weighted by molar-refractivity contribution is 5.98. The SMILES string of the molecule is CCC(=O)CC(C)=[N+]1CCCC1. The van der Waals surface area contributed by atoms with Crippen LogP contribution >= 0.6 is 0 Å². The summed E-state index contributed by atoms with van der Waals surface area (Å²) < 4.78 is 2.34. The van der Waals surface area contributed by atoms with Crippen LogP contribution < -0.4 is 0 Å². The van der Waals surface area contributed by atoms with Crippen LogP contribution in [0.15, 0.2) is 0 Å². The molecule has 0 aromatic rings. The van der Waals surface area contributed by atoms with Gasteiger partial charge in [-0.3, -0.25) is 4.79 Å². The van der Waals surface area contributed by atoms with E-state index in [2.05, 4.69) is 11.5 Å². The second-order valence-corrected chi connectivity index (χ2v) is 3.50. The van der Waals surface area contributed by atoms with Crippen molar-refractivity contribution in [2.75, 3.05) is 13.1 Å². The fourth-order valence-corrected chi connectivity index (χ4v) is 1.62. The molecule has 1 heterocycles. The van der Waals surface area contributed by atoms with Crippen molar-refractivity contribution in [3.63, 3.8) is 0 Å². The van der Waals surface area contributed by atoms with Crippen molar-refractivity contribution < 1.29 is 9.37 Å². The molecule has 12 heavy (non-hydrogen) atoms. The average Bonchev–Trinajstić information content (AvgIpc) is 2.56. The Balaban J connectivity index is 2.50. The zero-order valence-electron chi connectivity index (χ0n) is 8.10. The topological polar surface area (TPSA) is 20.1 Å². The molecule has 0 atom stereocenters. The van der Waals surface area contributed by atoms with Crippen LogP contribution in [0.2, 0.25) is 0 Å². The van der Waals surface area contributed by atoms with Gasteiger partial charge in [0.2, 0.25) is 0 Å². The molecule has 1 rings (SSSR count). The molecular weight excluding hydrogens is 150 g/mol. The van der Waals surface area contributed by atoms with Crippen molar-refractivity contribution >= 4 is 11.5 Å².